The zero-order chi connectivity index (χ0) is 9.90. The Kier molecular flexibility index (Phi) is 3.27. The Morgan fingerprint density at radius 2 is 2.23 bits per heavy atom. The van der Waals surface area contributed by atoms with E-state index in [1.165, 1.54) is 0 Å². The minimum absolute atomic E-state index is 0.230. The van der Waals surface area contributed by atoms with Gasteiger partial charge in [-0.15, -0.1) is 0 Å². The van der Waals surface area contributed by atoms with Gasteiger partial charge >= 0.3 is 0 Å². The minimum Gasteiger partial charge on any atom is -0.468 e. The first-order valence-electron chi connectivity index (χ1n) is 4.18. The lowest BCUT2D eigenvalue weighted by atomic mass is 10.3. The van der Waals surface area contributed by atoms with Crippen molar-refractivity contribution in [1.29, 1.82) is 0 Å². The third-order valence-corrected chi connectivity index (χ3v) is 3.03. The average molecular weight is 201 g/mol. The number of furan rings is 1. The fourth-order valence-electron chi connectivity index (χ4n) is 0.766. The predicted octanol–water partition coefficient (Wildman–Crippen LogP) is 1.83. The zero-order valence-electron chi connectivity index (χ0n) is 8.16. The second kappa shape index (κ2) is 4.07. The van der Waals surface area contributed by atoms with E-state index in [-0.39, 0.29) is 4.75 Å². The molecule has 74 valence electrons. The highest BCUT2D eigenvalue weighted by Gasteiger charge is 2.18. The van der Waals surface area contributed by atoms with Crippen molar-refractivity contribution in [3.63, 3.8) is 0 Å². The summed E-state index contributed by atoms with van der Waals surface area (Å²) in [5, 5.41) is 0. The SMILES string of the molecule is CC(C)(C)[S@](=O)NCc1ccco1. The van der Waals surface area contributed by atoms with Gasteiger partial charge in [0.2, 0.25) is 0 Å². The summed E-state index contributed by atoms with van der Waals surface area (Å²) in [5.74, 6) is 0.803. The molecule has 0 saturated carbocycles. The largest absolute Gasteiger partial charge is 0.468 e. The highest BCUT2D eigenvalue weighted by molar-refractivity contribution is 7.84. The quantitative estimate of drug-likeness (QED) is 0.810. The third kappa shape index (κ3) is 3.32. The summed E-state index contributed by atoms with van der Waals surface area (Å²) in [6.45, 7) is 6.30. The van der Waals surface area contributed by atoms with Crippen LogP contribution in [0.15, 0.2) is 22.8 Å². The number of hydrogen-bond acceptors (Lipinski definition) is 2. The third-order valence-electron chi connectivity index (χ3n) is 1.51. The Hall–Kier alpha value is -0.610. The van der Waals surface area contributed by atoms with Crippen LogP contribution < -0.4 is 4.72 Å². The van der Waals surface area contributed by atoms with Gasteiger partial charge in [0.1, 0.15) is 5.76 Å². The molecule has 0 fully saturated rings. The Morgan fingerprint density at radius 1 is 1.54 bits per heavy atom. The molecule has 0 unspecified atom stereocenters. The fraction of sp³-hybridized carbons (Fsp3) is 0.556. The molecular weight excluding hydrogens is 186 g/mol. The molecular formula is C9H15NO2S. The van der Waals surface area contributed by atoms with Crippen LogP contribution in [0.4, 0.5) is 0 Å². The standard InChI is InChI=1S/C9H15NO2S/c1-9(2,3)13(11)10-7-8-5-4-6-12-8/h4-6,10H,7H2,1-3H3/t13-/m0/s1. The summed E-state index contributed by atoms with van der Waals surface area (Å²) in [6, 6.07) is 3.67. The first-order chi connectivity index (χ1) is 6.00. The highest BCUT2D eigenvalue weighted by atomic mass is 32.2. The molecule has 0 saturated heterocycles. The van der Waals surface area contributed by atoms with Crippen molar-refractivity contribution in [3.8, 4) is 0 Å². The molecule has 0 aromatic carbocycles. The smallest absolute Gasteiger partial charge is 0.118 e. The van der Waals surface area contributed by atoms with Gasteiger partial charge in [0.05, 0.1) is 28.5 Å². The summed E-state index contributed by atoms with van der Waals surface area (Å²) in [4.78, 5) is 0. The van der Waals surface area contributed by atoms with Crippen LogP contribution in [0.5, 0.6) is 0 Å². The van der Waals surface area contributed by atoms with Crippen LogP contribution in [0.2, 0.25) is 0 Å². The van der Waals surface area contributed by atoms with Crippen molar-refractivity contribution in [2.45, 2.75) is 32.1 Å². The molecule has 1 N–H and O–H groups in total. The van der Waals surface area contributed by atoms with Crippen LogP contribution in [0.1, 0.15) is 26.5 Å². The van der Waals surface area contributed by atoms with Crippen LogP contribution in [0, 0.1) is 0 Å². The molecule has 0 aliphatic heterocycles. The topological polar surface area (TPSA) is 42.2 Å². The molecule has 3 nitrogen and oxygen atoms in total. The van der Waals surface area contributed by atoms with Crippen molar-refractivity contribution >= 4 is 11.0 Å². The van der Waals surface area contributed by atoms with Crippen molar-refractivity contribution in [3.05, 3.63) is 24.2 Å². The van der Waals surface area contributed by atoms with E-state index in [4.69, 9.17) is 4.42 Å². The maximum atomic E-state index is 11.5. The van der Waals surface area contributed by atoms with Gasteiger partial charge in [-0.05, 0) is 32.9 Å². The normalized spacial score (nSPS) is 14.4. The summed E-state index contributed by atoms with van der Waals surface area (Å²) in [6.07, 6.45) is 1.61. The van der Waals surface area contributed by atoms with Gasteiger partial charge in [-0.2, -0.15) is 0 Å². The summed E-state index contributed by atoms with van der Waals surface area (Å²) in [7, 11) is -1.03. The second-order valence-electron chi connectivity index (χ2n) is 3.78. The molecule has 0 spiro atoms. The van der Waals surface area contributed by atoms with Gasteiger partial charge in [-0.1, -0.05) is 0 Å². The second-order valence-corrected chi connectivity index (χ2v) is 5.83. The van der Waals surface area contributed by atoms with E-state index in [2.05, 4.69) is 4.72 Å². The van der Waals surface area contributed by atoms with Crippen LogP contribution in [0.25, 0.3) is 0 Å². The lowest BCUT2D eigenvalue weighted by Crippen LogP contribution is -2.32. The lowest BCUT2D eigenvalue weighted by Gasteiger charge is -2.17. The predicted molar refractivity (Wildman–Crippen MR) is 53.4 cm³/mol. The maximum absolute atomic E-state index is 11.5. The Bertz CT molecular complexity index is 274. The molecule has 4 heteroatoms. The molecule has 0 aliphatic rings. The highest BCUT2D eigenvalue weighted by Crippen LogP contribution is 2.09. The zero-order valence-corrected chi connectivity index (χ0v) is 8.98. The first-order valence-corrected chi connectivity index (χ1v) is 5.33. The van der Waals surface area contributed by atoms with E-state index in [0.717, 1.165) is 5.76 Å². The van der Waals surface area contributed by atoms with Crippen molar-refractivity contribution in [2.24, 2.45) is 0 Å². The van der Waals surface area contributed by atoms with Crippen LogP contribution >= 0.6 is 0 Å². The van der Waals surface area contributed by atoms with Gasteiger partial charge in [0.25, 0.3) is 0 Å². The Labute approximate surface area is 81.1 Å². The molecule has 13 heavy (non-hydrogen) atoms. The Morgan fingerprint density at radius 3 is 2.69 bits per heavy atom. The molecule has 0 amide bonds. The molecule has 1 heterocycles. The molecule has 0 bridgehead atoms. The monoisotopic (exact) mass is 201 g/mol. The van der Waals surface area contributed by atoms with Gasteiger partial charge in [0, 0.05) is 0 Å². The molecule has 1 rings (SSSR count). The average Bonchev–Trinajstić information content (AvgIpc) is 2.50. The van der Waals surface area contributed by atoms with E-state index >= 15 is 0 Å². The Balaban J connectivity index is 2.40. The van der Waals surface area contributed by atoms with E-state index in [0.29, 0.717) is 6.54 Å². The fourth-order valence-corrected chi connectivity index (χ4v) is 1.47. The van der Waals surface area contributed by atoms with Crippen molar-refractivity contribution < 1.29 is 8.63 Å². The maximum Gasteiger partial charge on any atom is 0.118 e. The molecule has 1 atom stereocenters. The molecule has 1 aromatic rings. The summed E-state index contributed by atoms with van der Waals surface area (Å²) in [5.41, 5.74) is 0. The molecule has 1 aromatic heterocycles. The molecule has 0 aliphatic carbocycles. The summed E-state index contributed by atoms with van der Waals surface area (Å²) >= 11 is 0. The lowest BCUT2D eigenvalue weighted by molar-refractivity contribution is 0.503. The van der Waals surface area contributed by atoms with Gasteiger partial charge < -0.3 is 4.42 Å². The van der Waals surface area contributed by atoms with Crippen LogP contribution in [0.3, 0.4) is 0 Å². The summed E-state index contributed by atoms with van der Waals surface area (Å²) < 4.78 is 19.3. The van der Waals surface area contributed by atoms with E-state index in [1.54, 1.807) is 6.26 Å². The minimum atomic E-state index is -1.03. The molecule has 0 radical (unpaired) electrons. The van der Waals surface area contributed by atoms with E-state index < -0.39 is 11.0 Å². The van der Waals surface area contributed by atoms with Gasteiger partial charge in [-0.3, -0.25) is 0 Å². The number of rotatable bonds is 3. The number of nitrogens with one attached hydrogen (secondary N) is 1. The van der Waals surface area contributed by atoms with Crippen LogP contribution in [-0.2, 0) is 17.5 Å². The van der Waals surface area contributed by atoms with Crippen LogP contribution in [-0.4, -0.2) is 8.96 Å². The van der Waals surface area contributed by atoms with Crippen molar-refractivity contribution in [2.75, 3.05) is 0 Å². The first kappa shape index (κ1) is 10.5. The van der Waals surface area contributed by atoms with Crippen molar-refractivity contribution in [1.82, 2.24) is 4.72 Å². The van der Waals surface area contributed by atoms with E-state index in [1.807, 2.05) is 32.9 Å². The number of hydrogen-bond donors (Lipinski definition) is 1. The van der Waals surface area contributed by atoms with E-state index in [9.17, 15) is 4.21 Å². The van der Waals surface area contributed by atoms with Gasteiger partial charge in [0.15, 0.2) is 0 Å². The van der Waals surface area contributed by atoms with Gasteiger partial charge in [-0.25, -0.2) is 8.93 Å².